The highest BCUT2D eigenvalue weighted by Gasteiger charge is 1.98. The van der Waals surface area contributed by atoms with Gasteiger partial charge in [0.1, 0.15) is 11.5 Å². The number of nitrogens with zero attached hydrogens (tertiary/aromatic N) is 2. The van der Waals surface area contributed by atoms with Gasteiger partial charge < -0.3 is 4.98 Å². The summed E-state index contributed by atoms with van der Waals surface area (Å²) in [6.07, 6.45) is 1.83. The van der Waals surface area contributed by atoms with Crippen molar-refractivity contribution in [2.45, 2.75) is 6.92 Å². The summed E-state index contributed by atoms with van der Waals surface area (Å²) in [6, 6.07) is 2.02. The summed E-state index contributed by atoms with van der Waals surface area (Å²) in [5.41, 5.74) is 0.918. The standard InChI is InChI=1S/C7H6IN3/c1-4-9-3-5-2-6(8)11-7(5)10-4/h2-3H,1H3,(H,9,10,11). The quantitative estimate of drug-likeness (QED) is 0.734. The normalized spacial score (nSPS) is 10.7. The van der Waals surface area contributed by atoms with Crippen LogP contribution in [-0.2, 0) is 0 Å². The van der Waals surface area contributed by atoms with Crippen molar-refractivity contribution in [3.8, 4) is 0 Å². The number of fused-ring (bicyclic) bond motifs is 1. The van der Waals surface area contributed by atoms with Crippen molar-refractivity contribution in [3.05, 3.63) is 21.8 Å². The Hall–Kier alpha value is -0.650. The molecular weight excluding hydrogens is 253 g/mol. The Bertz CT molecular complexity index is 393. The third-order valence-electron chi connectivity index (χ3n) is 1.46. The molecule has 0 fully saturated rings. The van der Waals surface area contributed by atoms with Crippen LogP contribution in [0.1, 0.15) is 5.82 Å². The Kier molecular flexibility index (Phi) is 1.56. The van der Waals surface area contributed by atoms with Crippen molar-refractivity contribution in [2.24, 2.45) is 0 Å². The van der Waals surface area contributed by atoms with Gasteiger partial charge in [0.05, 0.1) is 3.70 Å². The van der Waals surface area contributed by atoms with Gasteiger partial charge in [-0.2, -0.15) is 0 Å². The first-order valence-electron chi connectivity index (χ1n) is 3.23. The van der Waals surface area contributed by atoms with E-state index in [1.54, 1.807) is 0 Å². The molecular formula is C7H6IN3. The van der Waals surface area contributed by atoms with Crippen LogP contribution in [0.2, 0.25) is 0 Å². The number of aromatic amines is 1. The predicted octanol–water partition coefficient (Wildman–Crippen LogP) is 1.87. The van der Waals surface area contributed by atoms with Crippen LogP contribution in [0, 0.1) is 10.6 Å². The molecule has 0 radical (unpaired) electrons. The van der Waals surface area contributed by atoms with E-state index in [-0.39, 0.29) is 0 Å². The largest absolute Gasteiger partial charge is 0.335 e. The van der Waals surface area contributed by atoms with Gasteiger partial charge in [-0.05, 0) is 35.6 Å². The Morgan fingerprint density at radius 2 is 2.36 bits per heavy atom. The zero-order valence-electron chi connectivity index (χ0n) is 5.93. The highest BCUT2D eigenvalue weighted by molar-refractivity contribution is 14.1. The maximum absolute atomic E-state index is 4.23. The minimum absolute atomic E-state index is 0.802. The molecule has 0 aliphatic rings. The third kappa shape index (κ3) is 1.22. The summed E-state index contributed by atoms with van der Waals surface area (Å²) < 4.78 is 1.09. The van der Waals surface area contributed by atoms with Crippen molar-refractivity contribution in [3.63, 3.8) is 0 Å². The van der Waals surface area contributed by atoms with Crippen LogP contribution in [0.15, 0.2) is 12.3 Å². The maximum Gasteiger partial charge on any atom is 0.141 e. The minimum atomic E-state index is 0.802. The summed E-state index contributed by atoms with van der Waals surface area (Å²) in [4.78, 5) is 11.4. The molecule has 2 rings (SSSR count). The lowest BCUT2D eigenvalue weighted by Crippen LogP contribution is -1.85. The van der Waals surface area contributed by atoms with Gasteiger partial charge in [-0.1, -0.05) is 0 Å². The van der Waals surface area contributed by atoms with Crippen molar-refractivity contribution < 1.29 is 0 Å². The second kappa shape index (κ2) is 2.44. The van der Waals surface area contributed by atoms with Gasteiger partial charge in [0.25, 0.3) is 0 Å². The Morgan fingerprint density at radius 3 is 3.18 bits per heavy atom. The smallest absolute Gasteiger partial charge is 0.141 e. The molecule has 11 heavy (non-hydrogen) atoms. The molecule has 1 N–H and O–H groups in total. The molecule has 0 aliphatic carbocycles. The van der Waals surface area contributed by atoms with E-state index >= 15 is 0 Å². The van der Waals surface area contributed by atoms with Crippen molar-refractivity contribution in [2.75, 3.05) is 0 Å². The van der Waals surface area contributed by atoms with Crippen molar-refractivity contribution in [1.82, 2.24) is 15.0 Å². The van der Waals surface area contributed by atoms with Crippen molar-refractivity contribution >= 4 is 33.6 Å². The molecule has 2 aromatic rings. The first-order chi connectivity index (χ1) is 5.25. The number of hydrogen-bond acceptors (Lipinski definition) is 2. The fraction of sp³-hybridized carbons (Fsp3) is 0.143. The fourth-order valence-electron chi connectivity index (χ4n) is 0.971. The average molecular weight is 259 g/mol. The second-order valence-corrected chi connectivity index (χ2v) is 3.50. The summed E-state index contributed by atoms with van der Waals surface area (Å²) in [5.74, 6) is 0.802. The van der Waals surface area contributed by atoms with Crippen LogP contribution < -0.4 is 0 Å². The molecule has 0 saturated heterocycles. The van der Waals surface area contributed by atoms with E-state index in [2.05, 4.69) is 37.5 Å². The number of nitrogens with one attached hydrogen (secondary N) is 1. The van der Waals surface area contributed by atoms with E-state index in [1.807, 2.05) is 19.2 Å². The topological polar surface area (TPSA) is 41.6 Å². The van der Waals surface area contributed by atoms with Crippen LogP contribution in [0.5, 0.6) is 0 Å². The van der Waals surface area contributed by atoms with Gasteiger partial charge in [-0.15, -0.1) is 0 Å². The van der Waals surface area contributed by atoms with E-state index in [1.165, 1.54) is 0 Å². The predicted molar refractivity (Wildman–Crippen MR) is 51.3 cm³/mol. The number of halogens is 1. The first-order valence-corrected chi connectivity index (χ1v) is 4.31. The second-order valence-electron chi connectivity index (χ2n) is 2.34. The van der Waals surface area contributed by atoms with Gasteiger partial charge in [0, 0.05) is 11.6 Å². The number of aromatic nitrogens is 3. The van der Waals surface area contributed by atoms with Crippen LogP contribution in [0.3, 0.4) is 0 Å². The van der Waals surface area contributed by atoms with Crippen LogP contribution in [0.4, 0.5) is 0 Å². The van der Waals surface area contributed by atoms with Gasteiger partial charge in [-0.3, -0.25) is 0 Å². The summed E-state index contributed by atoms with van der Waals surface area (Å²) in [5, 5.41) is 1.07. The van der Waals surface area contributed by atoms with E-state index in [4.69, 9.17) is 0 Å². The molecule has 2 heterocycles. The highest BCUT2D eigenvalue weighted by atomic mass is 127. The molecule has 4 heteroatoms. The molecule has 0 amide bonds. The van der Waals surface area contributed by atoms with E-state index in [9.17, 15) is 0 Å². The van der Waals surface area contributed by atoms with Gasteiger partial charge in [0.2, 0.25) is 0 Å². The lowest BCUT2D eigenvalue weighted by Gasteiger charge is -1.88. The number of aryl methyl sites for hydroxylation is 1. The lowest BCUT2D eigenvalue weighted by molar-refractivity contribution is 1.08. The highest BCUT2D eigenvalue weighted by Crippen LogP contribution is 2.12. The molecule has 3 nitrogen and oxygen atoms in total. The zero-order chi connectivity index (χ0) is 7.84. The molecule has 0 bridgehead atoms. The number of rotatable bonds is 0. The molecule has 0 atom stereocenters. The van der Waals surface area contributed by atoms with E-state index < -0.39 is 0 Å². The minimum Gasteiger partial charge on any atom is -0.335 e. The van der Waals surface area contributed by atoms with Gasteiger partial charge >= 0.3 is 0 Å². The van der Waals surface area contributed by atoms with Crippen molar-refractivity contribution in [1.29, 1.82) is 0 Å². The summed E-state index contributed by atoms with van der Waals surface area (Å²) in [7, 11) is 0. The monoisotopic (exact) mass is 259 g/mol. The molecule has 56 valence electrons. The van der Waals surface area contributed by atoms with E-state index in [0.717, 1.165) is 20.6 Å². The molecule has 0 aliphatic heterocycles. The summed E-state index contributed by atoms with van der Waals surface area (Å²) >= 11 is 2.22. The van der Waals surface area contributed by atoms with Gasteiger partial charge in [-0.25, -0.2) is 9.97 Å². The Labute approximate surface area is 77.4 Å². The molecule has 0 unspecified atom stereocenters. The molecule has 0 saturated carbocycles. The number of H-pyrrole nitrogens is 1. The zero-order valence-corrected chi connectivity index (χ0v) is 8.08. The average Bonchev–Trinajstić information content (AvgIpc) is 2.27. The SMILES string of the molecule is Cc1ncc2cc(I)[nH]c2n1. The fourth-order valence-corrected chi connectivity index (χ4v) is 1.56. The third-order valence-corrected chi connectivity index (χ3v) is 2.04. The Morgan fingerprint density at radius 1 is 1.55 bits per heavy atom. The first kappa shape index (κ1) is 7.02. The Balaban J connectivity index is 2.82. The lowest BCUT2D eigenvalue weighted by atomic mass is 10.4. The number of hydrogen-bond donors (Lipinski definition) is 1. The maximum atomic E-state index is 4.23. The molecule has 0 aromatic carbocycles. The molecule has 0 spiro atoms. The summed E-state index contributed by atoms with van der Waals surface area (Å²) in [6.45, 7) is 1.88. The van der Waals surface area contributed by atoms with Gasteiger partial charge in [0.15, 0.2) is 0 Å². The van der Waals surface area contributed by atoms with Crippen LogP contribution in [-0.4, -0.2) is 15.0 Å². The molecule has 2 aromatic heterocycles. The van der Waals surface area contributed by atoms with Crippen LogP contribution in [0.25, 0.3) is 11.0 Å². The van der Waals surface area contributed by atoms with E-state index in [0.29, 0.717) is 0 Å². The van der Waals surface area contributed by atoms with Crippen LogP contribution >= 0.6 is 22.6 Å².